The average Bonchev–Trinajstić information content (AvgIpc) is 2.75. The number of carbonyl (C=O) groups is 2. The number of methoxy groups -OCH3 is 1. The second-order valence-electron chi connectivity index (χ2n) is 6.48. The minimum Gasteiger partial charge on any atom is -0.501 e. The molecule has 3 N–H and O–H groups in total. The number of alkyl carbamates (subject to hydrolysis) is 1. The van der Waals surface area contributed by atoms with Crippen LogP contribution in [-0.4, -0.2) is 47.5 Å². The van der Waals surface area contributed by atoms with Crippen LogP contribution >= 0.6 is 0 Å². The SMILES string of the molecule is COC(=O)c1nc(C2(NC(=O)OCc3ccccc3)CCOCC2)[nH]c(=O)c1O. The van der Waals surface area contributed by atoms with Gasteiger partial charge in [0.25, 0.3) is 5.56 Å². The Labute approximate surface area is 165 Å². The van der Waals surface area contributed by atoms with E-state index in [9.17, 15) is 19.5 Å². The highest BCUT2D eigenvalue weighted by Crippen LogP contribution is 2.30. The Bertz CT molecular complexity index is 937. The van der Waals surface area contributed by atoms with E-state index in [0.29, 0.717) is 0 Å². The number of aromatic nitrogens is 2. The molecule has 10 heteroatoms. The third-order valence-corrected chi connectivity index (χ3v) is 4.63. The number of carbonyl (C=O) groups excluding carboxylic acids is 2. The van der Waals surface area contributed by atoms with Crippen molar-refractivity contribution in [2.24, 2.45) is 0 Å². The van der Waals surface area contributed by atoms with Gasteiger partial charge in [0.2, 0.25) is 5.75 Å². The first-order valence-corrected chi connectivity index (χ1v) is 8.94. The zero-order valence-electron chi connectivity index (χ0n) is 15.8. The molecule has 0 unspecified atom stereocenters. The monoisotopic (exact) mass is 403 g/mol. The number of nitrogens with zero attached hydrogens (tertiary/aromatic N) is 1. The van der Waals surface area contributed by atoms with Crippen LogP contribution in [0.3, 0.4) is 0 Å². The number of benzene rings is 1. The topological polar surface area (TPSA) is 140 Å². The summed E-state index contributed by atoms with van der Waals surface area (Å²) in [5.41, 5.74) is -1.77. The van der Waals surface area contributed by atoms with Gasteiger partial charge in [-0.05, 0) is 5.56 Å². The van der Waals surface area contributed by atoms with E-state index < -0.39 is 34.6 Å². The van der Waals surface area contributed by atoms with Gasteiger partial charge in [-0.15, -0.1) is 0 Å². The van der Waals surface area contributed by atoms with Gasteiger partial charge in [-0.25, -0.2) is 14.6 Å². The summed E-state index contributed by atoms with van der Waals surface area (Å²) in [5, 5.41) is 12.6. The van der Waals surface area contributed by atoms with Crippen LogP contribution in [0.4, 0.5) is 4.79 Å². The predicted molar refractivity (Wildman–Crippen MR) is 99.4 cm³/mol. The van der Waals surface area contributed by atoms with Gasteiger partial charge >= 0.3 is 12.1 Å². The van der Waals surface area contributed by atoms with Gasteiger partial charge in [-0.3, -0.25) is 4.79 Å². The molecule has 154 valence electrons. The molecule has 2 aromatic rings. The average molecular weight is 403 g/mol. The molecule has 1 saturated heterocycles. The van der Waals surface area contributed by atoms with Crippen LogP contribution in [-0.2, 0) is 26.4 Å². The zero-order valence-corrected chi connectivity index (χ0v) is 15.8. The van der Waals surface area contributed by atoms with E-state index in [1.807, 2.05) is 30.3 Å². The number of ether oxygens (including phenoxy) is 3. The van der Waals surface area contributed by atoms with E-state index in [1.54, 1.807) is 0 Å². The number of aromatic hydroxyl groups is 1. The highest BCUT2D eigenvalue weighted by molar-refractivity contribution is 5.89. The van der Waals surface area contributed by atoms with E-state index in [0.717, 1.165) is 12.7 Å². The molecule has 0 radical (unpaired) electrons. The van der Waals surface area contributed by atoms with E-state index in [4.69, 9.17) is 9.47 Å². The van der Waals surface area contributed by atoms with Gasteiger partial charge in [0.15, 0.2) is 5.69 Å². The Hall–Kier alpha value is -3.40. The number of esters is 1. The summed E-state index contributed by atoms with van der Waals surface area (Å²) in [6, 6.07) is 9.15. The Morgan fingerprint density at radius 2 is 1.97 bits per heavy atom. The first-order valence-electron chi connectivity index (χ1n) is 8.94. The number of amides is 1. The van der Waals surface area contributed by atoms with Crippen molar-refractivity contribution in [3.8, 4) is 5.75 Å². The number of nitrogens with one attached hydrogen (secondary N) is 2. The molecule has 1 fully saturated rings. The third-order valence-electron chi connectivity index (χ3n) is 4.63. The molecule has 1 aliphatic heterocycles. The highest BCUT2D eigenvalue weighted by Gasteiger charge is 2.40. The summed E-state index contributed by atoms with van der Waals surface area (Å²) in [7, 11) is 1.10. The summed E-state index contributed by atoms with van der Waals surface area (Å²) in [4.78, 5) is 43.0. The number of hydrogen-bond acceptors (Lipinski definition) is 8. The molecule has 29 heavy (non-hydrogen) atoms. The quantitative estimate of drug-likeness (QED) is 0.633. The molecule has 1 aliphatic rings. The fourth-order valence-corrected chi connectivity index (χ4v) is 3.03. The second-order valence-corrected chi connectivity index (χ2v) is 6.48. The number of rotatable bonds is 5. The van der Waals surface area contributed by atoms with Gasteiger partial charge in [0.1, 0.15) is 18.0 Å². The van der Waals surface area contributed by atoms with Crippen molar-refractivity contribution in [3.05, 3.63) is 57.8 Å². The Morgan fingerprint density at radius 3 is 2.62 bits per heavy atom. The van der Waals surface area contributed by atoms with E-state index >= 15 is 0 Å². The van der Waals surface area contributed by atoms with Crippen LogP contribution < -0.4 is 10.9 Å². The van der Waals surface area contributed by atoms with Gasteiger partial charge in [0.05, 0.1) is 7.11 Å². The smallest absolute Gasteiger partial charge is 0.408 e. The van der Waals surface area contributed by atoms with Crippen LogP contribution in [0.25, 0.3) is 0 Å². The molecule has 0 spiro atoms. The molecule has 2 heterocycles. The first kappa shape index (κ1) is 20.3. The largest absolute Gasteiger partial charge is 0.501 e. The van der Waals surface area contributed by atoms with Gasteiger partial charge in [0, 0.05) is 26.1 Å². The molecule has 10 nitrogen and oxygen atoms in total. The van der Waals surface area contributed by atoms with Crippen LogP contribution in [0.5, 0.6) is 5.75 Å². The second kappa shape index (κ2) is 8.74. The van der Waals surface area contributed by atoms with Crippen molar-refractivity contribution in [3.63, 3.8) is 0 Å². The molecule has 3 rings (SSSR count). The number of aromatic amines is 1. The Kier molecular flexibility index (Phi) is 6.13. The molecule has 0 aliphatic carbocycles. The van der Waals surface area contributed by atoms with Crippen LogP contribution in [0.2, 0.25) is 0 Å². The molecule has 1 aromatic heterocycles. The standard InChI is InChI=1S/C19H21N3O7/c1-27-16(25)13-14(23)15(24)21-17(20-13)19(7-9-28-10-8-19)22-18(26)29-11-12-5-3-2-4-6-12/h2-6,23H,7-11H2,1H3,(H,22,26)(H,20,21,24). The summed E-state index contributed by atoms with van der Waals surface area (Å²) in [6.45, 7) is 0.639. The lowest BCUT2D eigenvalue weighted by Crippen LogP contribution is -2.51. The fourth-order valence-electron chi connectivity index (χ4n) is 3.03. The van der Waals surface area contributed by atoms with Gasteiger partial charge in [-0.2, -0.15) is 0 Å². The lowest BCUT2D eigenvalue weighted by molar-refractivity contribution is 0.0292. The van der Waals surface area contributed by atoms with Crippen molar-refractivity contribution < 1.29 is 28.9 Å². The van der Waals surface area contributed by atoms with Crippen molar-refractivity contribution in [1.29, 1.82) is 0 Å². The Balaban J connectivity index is 1.87. The summed E-state index contributed by atoms with van der Waals surface area (Å²) < 4.78 is 15.2. The van der Waals surface area contributed by atoms with Crippen molar-refractivity contribution >= 4 is 12.1 Å². The van der Waals surface area contributed by atoms with Crippen LogP contribution in [0.15, 0.2) is 35.1 Å². The van der Waals surface area contributed by atoms with Crippen LogP contribution in [0.1, 0.15) is 34.7 Å². The first-order chi connectivity index (χ1) is 13.9. The maximum Gasteiger partial charge on any atom is 0.408 e. The van der Waals surface area contributed by atoms with Crippen molar-refractivity contribution in [1.82, 2.24) is 15.3 Å². The van der Waals surface area contributed by atoms with Crippen molar-refractivity contribution in [2.45, 2.75) is 25.0 Å². The molecule has 0 atom stereocenters. The molecule has 0 saturated carbocycles. The number of hydrogen-bond donors (Lipinski definition) is 3. The lowest BCUT2D eigenvalue weighted by Gasteiger charge is -2.36. The Morgan fingerprint density at radius 1 is 1.28 bits per heavy atom. The molecule has 1 aromatic carbocycles. The van der Waals surface area contributed by atoms with Crippen molar-refractivity contribution in [2.75, 3.05) is 20.3 Å². The summed E-state index contributed by atoms with van der Waals surface area (Å²) in [6.07, 6.45) is -0.158. The van der Waals surface area contributed by atoms with E-state index in [1.165, 1.54) is 0 Å². The maximum absolute atomic E-state index is 12.5. The van der Waals surface area contributed by atoms with Gasteiger partial charge < -0.3 is 29.6 Å². The minimum absolute atomic E-state index is 0.0145. The molecule has 1 amide bonds. The van der Waals surface area contributed by atoms with E-state index in [2.05, 4.69) is 20.0 Å². The summed E-state index contributed by atoms with van der Waals surface area (Å²) >= 11 is 0. The predicted octanol–water partition coefficient (Wildman–Crippen LogP) is 1.19. The zero-order chi connectivity index (χ0) is 20.9. The van der Waals surface area contributed by atoms with E-state index in [-0.39, 0.29) is 38.5 Å². The molecular formula is C19H21N3O7. The summed E-state index contributed by atoms with van der Waals surface area (Å²) in [5.74, 6) is -1.81. The highest BCUT2D eigenvalue weighted by atomic mass is 16.5. The molecular weight excluding hydrogens is 382 g/mol. The lowest BCUT2D eigenvalue weighted by atomic mass is 9.89. The van der Waals surface area contributed by atoms with Crippen LogP contribution in [0, 0.1) is 0 Å². The molecule has 0 bridgehead atoms. The normalized spacial score (nSPS) is 15.3. The minimum atomic E-state index is -1.14. The maximum atomic E-state index is 12.5. The number of H-pyrrole nitrogens is 1. The third kappa shape index (κ3) is 4.54. The van der Waals surface area contributed by atoms with Gasteiger partial charge in [-0.1, -0.05) is 30.3 Å². The fraction of sp³-hybridized carbons (Fsp3) is 0.368.